The highest BCUT2D eigenvalue weighted by Crippen LogP contribution is 2.36. The average Bonchev–Trinajstić information content (AvgIpc) is 2.76. The molecule has 0 atom stereocenters. The lowest BCUT2D eigenvalue weighted by Crippen LogP contribution is -1.94. The van der Waals surface area contributed by atoms with Crippen LogP contribution in [0.25, 0.3) is 11.1 Å². The molecule has 0 unspecified atom stereocenters. The van der Waals surface area contributed by atoms with Gasteiger partial charge in [0, 0.05) is 17.8 Å². The van der Waals surface area contributed by atoms with Gasteiger partial charge in [-0.05, 0) is 54.7 Å². The van der Waals surface area contributed by atoms with Crippen molar-refractivity contribution in [3.05, 3.63) is 52.8 Å². The fourth-order valence-corrected chi connectivity index (χ4v) is 2.84. The van der Waals surface area contributed by atoms with Gasteiger partial charge in [-0.2, -0.15) is 0 Å². The summed E-state index contributed by atoms with van der Waals surface area (Å²) in [6.45, 7) is 4.85. The maximum atomic E-state index is 14.2. The lowest BCUT2D eigenvalue weighted by atomic mass is 9.93. The number of hydrogen-bond donors (Lipinski definition) is 1. The molecule has 0 amide bonds. The normalized spacial score (nSPS) is 13.3. The molecule has 18 heavy (non-hydrogen) atoms. The maximum Gasteiger partial charge on any atom is 0.131 e. The molecule has 2 heteroatoms. The zero-order chi connectivity index (χ0) is 12.7. The second kappa shape index (κ2) is 4.13. The second-order valence-corrected chi connectivity index (χ2v) is 4.95. The summed E-state index contributed by atoms with van der Waals surface area (Å²) in [7, 11) is 0. The SMILES string of the molecule is Cc1cc(C)c(-c2cccc3c2CCN3)c(F)c1. The second-order valence-electron chi connectivity index (χ2n) is 4.95. The fraction of sp³-hybridized carbons (Fsp3) is 0.250. The number of hydrogen-bond acceptors (Lipinski definition) is 1. The van der Waals surface area contributed by atoms with Crippen LogP contribution in [0.15, 0.2) is 30.3 Å². The Morgan fingerprint density at radius 3 is 2.78 bits per heavy atom. The number of aryl methyl sites for hydroxylation is 2. The Morgan fingerprint density at radius 1 is 1.17 bits per heavy atom. The minimum absolute atomic E-state index is 0.118. The Kier molecular flexibility index (Phi) is 2.58. The van der Waals surface area contributed by atoms with Gasteiger partial charge in [0.15, 0.2) is 0 Å². The van der Waals surface area contributed by atoms with E-state index in [1.165, 1.54) is 5.56 Å². The van der Waals surface area contributed by atoms with Gasteiger partial charge in [-0.3, -0.25) is 0 Å². The van der Waals surface area contributed by atoms with Crippen molar-refractivity contribution in [3.8, 4) is 11.1 Å². The molecule has 92 valence electrons. The highest BCUT2D eigenvalue weighted by molar-refractivity contribution is 5.78. The van der Waals surface area contributed by atoms with Crippen molar-refractivity contribution in [1.82, 2.24) is 0 Å². The van der Waals surface area contributed by atoms with Crippen LogP contribution in [-0.2, 0) is 6.42 Å². The summed E-state index contributed by atoms with van der Waals surface area (Å²) >= 11 is 0. The zero-order valence-corrected chi connectivity index (χ0v) is 10.7. The van der Waals surface area contributed by atoms with Crippen LogP contribution < -0.4 is 5.32 Å². The van der Waals surface area contributed by atoms with Gasteiger partial charge in [0.05, 0.1) is 0 Å². The van der Waals surface area contributed by atoms with E-state index >= 15 is 0 Å². The summed E-state index contributed by atoms with van der Waals surface area (Å²) in [5, 5.41) is 3.34. The van der Waals surface area contributed by atoms with Crippen molar-refractivity contribution < 1.29 is 4.39 Å². The van der Waals surface area contributed by atoms with Gasteiger partial charge in [-0.25, -0.2) is 4.39 Å². The minimum atomic E-state index is -0.118. The van der Waals surface area contributed by atoms with Crippen LogP contribution in [0.1, 0.15) is 16.7 Å². The summed E-state index contributed by atoms with van der Waals surface area (Å²) < 4.78 is 14.2. The van der Waals surface area contributed by atoms with Crippen LogP contribution in [0.3, 0.4) is 0 Å². The summed E-state index contributed by atoms with van der Waals surface area (Å²) in [6.07, 6.45) is 0.970. The van der Waals surface area contributed by atoms with Crippen LogP contribution in [0.5, 0.6) is 0 Å². The van der Waals surface area contributed by atoms with Crippen molar-refractivity contribution in [1.29, 1.82) is 0 Å². The first-order valence-corrected chi connectivity index (χ1v) is 6.29. The van der Waals surface area contributed by atoms with Crippen LogP contribution >= 0.6 is 0 Å². The van der Waals surface area contributed by atoms with Gasteiger partial charge in [-0.1, -0.05) is 18.2 Å². The van der Waals surface area contributed by atoms with Crippen molar-refractivity contribution in [2.45, 2.75) is 20.3 Å². The monoisotopic (exact) mass is 241 g/mol. The van der Waals surface area contributed by atoms with E-state index in [1.807, 2.05) is 32.0 Å². The van der Waals surface area contributed by atoms with Crippen molar-refractivity contribution >= 4 is 5.69 Å². The van der Waals surface area contributed by atoms with Gasteiger partial charge in [-0.15, -0.1) is 0 Å². The first-order chi connectivity index (χ1) is 8.66. The molecule has 1 N–H and O–H groups in total. The van der Waals surface area contributed by atoms with E-state index in [1.54, 1.807) is 6.07 Å². The van der Waals surface area contributed by atoms with E-state index in [4.69, 9.17) is 0 Å². The van der Waals surface area contributed by atoms with E-state index < -0.39 is 0 Å². The van der Waals surface area contributed by atoms with E-state index in [0.717, 1.165) is 40.9 Å². The quantitative estimate of drug-likeness (QED) is 0.793. The number of fused-ring (bicyclic) bond motifs is 1. The molecular formula is C16H16FN. The lowest BCUT2D eigenvalue weighted by molar-refractivity contribution is 0.629. The van der Waals surface area contributed by atoms with E-state index in [9.17, 15) is 4.39 Å². The number of anilines is 1. The lowest BCUT2D eigenvalue weighted by Gasteiger charge is -2.13. The first kappa shape index (κ1) is 11.3. The molecule has 0 aromatic heterocycles. The number of nitrogens with one attached hydrogen (secondary N) is 1. The smallest absolute Gasteiger partial charge is 0.131 e. The summed E-state index contributed by atoms with van der Waals surface area (Å²) in [6, 6.07) is 9.73. The topological polar surface area (TPSA) is 12.0 Å². The third-order valence-corrected chi connectivity index (χ3v) is 3.57. The molecule has 0 spiro atoms. The number of halogens is 1. The van der Waals surface area contributed by atoms with E-state index in [2.05, 4.69) is 11.4 Å². The minimum Gasteiger partial charge on any atom is -0.384 e. The molecular weight excluding hydrogens is 225 g/mol. The largest absolute Gasteiger partial charge is 0.384 e. The Hall–Kier alpha value is -1.83. The molecule has 0 radical (unpaired) electrons. The number of benzene rings is 2. The molecule has 1 nitrogen and oxygen atoms in total. The molecule has 1 heterocycles. The van der Waals surface area contributed by atoms with Gasteiger partial charge >= 0.3 is 0 Å². The predicted molar refractivity (Wildman–Crippen MR) is 73.5 cm³/mol. The standard InChI is InChI=1S/C16H16FN/c1-10-8-11(2)16(14(17)9-10)13-4-3-5-15-12(13)6-7-18-15/h3-5,8-9,18H,6-7H2,1-2H3. The first-order valence-electron chi connectivity index (χ1n) is 6.29. The van der Waals surface area contributed by atoms with Crippen molar-refractivity contribution in [3.63, 3.8) is 0 Å². The van der Waals surface area contributed by atoms with E-state index in [-0.39, 0.29) is 5.82 Å². The molecule has 0 saturated heterocycles. The van der Waals surface area contributed by atoms with Crippen LogP contribution in [-0.4, -0.2) is 6.54 Å². The van der Waals surface area contributed by atoms with Crippen LogP contribution in [0.4, 0.5) is 10.1 Å². The molecule has 3 rings (SSSR count). The Labute approximate surface area is 107 Å². The fourth-order valence-electron chi connectivity index (χ4n) is 2.84. The Morgan fingerprint density at radius 2 is 2.00 bits per heavy atom. The van der Waals surface area contributed by atoms with Gasteiger partial charge < -0.3 is 5.32 Å². The molecule has 1 aliphatic rings. The van der Waals surface area contributed by atoms with Gasteiger partial charge in [0.2, 0.25) is 0 Å². The van der Waals surface area contributed by atoms with Crippen LogP contribution in [0.2, 0.25) is 0 Å². The highest BCUT2D eigenvalue weighted by atomic mass is 19.1. The van der Waals surface area contributed by atoms with Crippen molar-refractivity contribution in [2.75, 3.05) is 11.9 Å². The number of rotatable bonds is 1. The molecule has 2 aromatic rings. The van der Waals surface area contributed by atoms with Crippen LogP contribution in [0, 0.1) is 19.7 Å². The summed E-state index contributed by atoms with van der Waals surface area (Å²) in [5.41, 5.74) is 6.15. The molecule has 2 aromatic carbocycles. The van der Waals surface area contributed by atoms with Crippen molar-refractivity contribution in [2.24, 2.45) is 0 Å². The summed E-state index contributed by atoms with van der Waals surface area (Å²) in [4.78, 5) is 0. The third-order valence-electron chi connectivity index (χ3n) is 3.57. The average molecular weight is 241 g/mol. The molecule has 1 aliphatic heterocycles. The zero-order valence-electron chi connectivity index (χ0n) is 10.7. The maximum absolute atomic E-state index is 14.2. The van der Waals surface area contributed by atoms with E-state index in [0.29, 0.717) is 0 Å². The molecule has 0 aliphatic carbocycles. The van der Waals surface area contributed by atoms with Gasteiger partial charge in [0.25, 0.3) is 0 Å². The Balaban J connectivity index is 2.25. The summed E-state index contributed by atoms with van der Waals surface area (Å²) in [5.74, 6) is -0.118. The molecule has 0 fully saturated rings. The van der Waals surface area contributed by atoms with Gasteiger partial charge in [0.1, 0.15) is 5.82 Å². The molecule has 0 saturated carbocycles. The molecule has 0 bridgehead atoms. The third kappa shape index (κ3) is 1.69. The Bertz CT molecular complexity index is 593. The highest BCUT2D eigenvalue weighted by Gasteiger charge is 2.18. The predicted octanol–water partition coefficient (Wildman–Crippen LogP) is 4.08.